The first-order valence-electron chi connectivity index (χ1n) is 11.3. The van der Waals surface area contributed by atoms with Gasteiger partial charge in [-0.25, -0.2) is 4.68 Å². The molecule has 4 rings (SSSR count). The van der Waals surface area contributed by atoms with Crippen LogP contribution < -0.4 is 15.8 Å². The molecule has 2 aromatic carbocycles. The summed E-state index contributed by atoms with van der Waals surface area (Å²) in [6.45, 7) is 4.11. The number of oxime groups is 1. The molecule has 1 N–H and O–H groups in total. The molecule has 10 heteroatoms. The van der Waals surface area contributed by atoms with Gasteiger partial charge >= 0.3 is 0 Å². The highest BCUT2D eigenvalue weighted by atomic mass is 16.6. The van der Waals surface area contributed by atoms with Gasteiger partial charge in [-0.15, -0.1) is 0 Å². The largest absolute Gasteiger partial charge is 0.386 e. The summed E-state index contributed by atoms with van der Waals surface area (Å²) in [5.41, 5.74) is 2.20. The van der Waals surface area contributed by atoms with E-state index in [1.807, 2.05) is 48.5 Å². The Morgan fingerprint density at radius 1 is 0.971 bits per heavy atom. The number of anilines is 2. The van der Waals surface area contributed by atoms with Gasteiger partial charge in [0.1, 0.15) is 11.9 Å². The van der Waals surface area contributed by atoms with E-state index in [1.165, 1.54) is 4.68 Å². The minimum atomic E-state index is -0.625. The highest BCUT2D eigenvalue weighted by molar-refractivity contribution is 6.31. The van der Waals surface area contributed by atoms with Crippen LogP contribution in [0.25, 0.3) is 5.69 Å². The summed E-state index contributed by atoms with van der Waals surface area (Å²) in [6, 6.07) is 19.2. The second kappa shape index (κ2) is 10.7. The van der Waals surface area contributed by atoms with Crippen LogP contribution in [0.1, 0.15) is 5.69 Å². The Balaban J connectivity index is 1.27. The number of rotatable bonds is 7. The third-order valence-electron chi connectivity index (χ3n) is 5.99. The van der Waals surface area contributed by atoms with Crippen molar-refractivity contribution in [1.82, 2.24) is 14.3 Å². The number of aromatic nitrogens is 2. The number of piperazine rings is 1. The number of carbonyl (C=O) groups is 2. The van der Waals surface area contributed by atoms with E-state index >= 15 is 0 Å². The van der Waals surface area contributed by atoms with Crippen molar-refractivity contribution >= 4 is 29.4 Å². The van der Waals surface area contributed by atoms with E-state index in [0.717, 1.165) is 25.0 Å². The standard InChI is InChI=1S/C25H28N6O4/c1-19-24(25(34)31(28(19)2)21-11-7-4-8-12-21)27-22(32)17-26-35-18-23(33)30-15-13-29(14-16-30)20-9-5-3-6-10-20/h3-12,17H,13-16,18H2,1-2H3,(H,27,32). The fourth-order valence-electron chi connectivity index (χ4n) is 3.99. The first-order chi connectivity index (χ1) is 17.0. The van der Waals surface area contributed by atoms with E-state index in [2.05, 4.69) is 15.4 Å². The van der Waals surface area contributed by atoms with Crippen LogP contribution in [0.15, 0.2) is 70.6 Å². The Bertz CT molecular complexity index is 1260. The predicted molar refractivity (Wildman–Crippen MR) is 134 cm³/mol. The lowest BCUT2D eigenvalue weighted by Crippen LogP contribution is -2.49. The summed E-state index contributed by atoms with van der Waals surface area (Å²) < 4.78 is 3.13. The average Bonchev–Trinajstić information content (AvgIpc) is 3.10. The lowest BCUT2D eigenvalue weighted by molar-refractivity contribution is -0.136. The second-order valence-corrected chi connectivity index (χ2v) is 8.14. The van der Waals surface area contributed by atoms with E-state index < -0.39 is 5.91 Å². The number of carbonyl (C=O) groups excluding carboxylic acids is 2. The Labute approximate surface area is 203 Å². The van der Waals surface area contributed by atoms with E-state index in [9.17, 15) is 14.4 Å². The summed E-state index contributed by atoms with van der Waals surface area (Å²) in [5, 5.41) is 6.16. The molecule has 0 radical (unpaired) electrons. The number of nitrogens with one attached hydrogen (secondary N) is 1. The van der Waals surface area contributed by atoms with Crippen LogP contribution in [0.5, 0.6) is 0 Å². The molecule has 35 heavy (non-hydrogen) atoms. The normalized spacial score (nSPS) is 13.8. The number of amides is 2. The predicted octanol–water partition coefficient (Wildman–Crippen LogP) is 1.77. The number of hydrogen-bond acceptors (Lipinski definition) is 6. The lowest BCUT2D eigenvalue weighted by Gasteiger charge is -2.35. The van der Waals surface area contributed by atoms with Gasteiger partial charge in [0, 0.05) is 38.9 Å². The van der Waals surface area contributed by atoms with Gasteiger partial charge in [0.25, 0.3) is 17.4 Å². The summed E-state index contributed by atoms with van der Waals surface area (Å²) in [7, 11) is 1.74. The maximum absolute atomic E-state index is 12.9. The zero-order chi connectivity index (χ0) is 24.8. The Hall–Kier alpha value is -4.34. The third-order valence-corrected chi connectivity index (χ3v) is 5.99. The van der Waals surface area contributed by atoms with Crippen molar-refractivity contribution in [2.75, 3.05) is 43.0 Å². The van der Waals surface area contributed by atoms with Crippen LogP contribution in [0.4, 0.5) is 11.4 Å². The molecule has 0 spiro atoms. The minimum Gasteiger partial charge on any atom is -0.386 e. The van der Waals surface area contributed by atoms with E-state index in [-0.39, 0.29) is 23.8 Å². The van der Waals surface area contributed by atoms with Gasteiger partial charge in [-0.3, -0.25) is 19.1 Å². The monoisotopic (exact) mass is 476 g/mol. The zero-order valence-corrected chi connectivity index (χ0v) is 19.8. The molecule has 1 aliphatic heterocycles. The fraction of sp³-hybridized carbons (Fsp3) is 0.280. The van der Waals surface area contributed by atoms with Crippen LogP contribution in [-0.2, 0) is 21.5 Å². The maximum atomic E-state index is 12.9. The van der Waals surface area contributed by atoms with Gasteiger partial charge in [0.05, 0.1) is 11.4 Å². The molecule has 0 saturated carbocycles. The molecule has 0 bridgehead atoms. The molecule has 0 unspecified atom stereocenters. The maximum Gasteiger partial charge on any atom is 0.295 e. The first-order valence-corrected chi connectivity index (χ1v) is 11.3. The molecule has 182 valence electrons. The molecule has 3 aromatic rings. The van der Waals surface area contributed by atoms with Crippen molar-refractivity contribution in [3.63, 3.8) is 0 Å². The smallest absolute Gasteiger partial charge is 0.295 e. The van der Waals surface area contributed by atoms with Gasteiger partial charge in [-0.1, -0.05) is 41.6 Å². The highest BCUT2D eigenvalue weighted by Gasteiger charge is 2.21. The van der Waals surface area contributed by atoms with Crippen LogP contribution in [0.3, 0.4) is 0 Å². The second-order valence-electron chi connectivity index (χ2n) is 8.14. The summed E-state index contributed by atoms with van der Waals surface area (Å²) >= 11 is 0. The number of hydrogen-bond donors (Lipinski definition) is 1. The van der Waals surface area contributed by atoms with Crippen molar-refractivity contribution < 1.29 is 14.4 Å². The highest BCUT2D eigenvalue weighted by Crippen LogP contribution is 2.16. The van der Waals surface area contributed by atoms with E-state index in [4.69, 9.17) is 4.84 Å². The SMILES string of the molecule is Cc1c(NC(=O)C=NOCC(=O)N2CCN(c3ccccc3)CC2)c(=O)n(-c2ccccc2)n1C. The molecule has 0 atom stereocenters. The van der Waals surface area contributed by atoms with Crippen molar-refractivity contribution in [2.45, 2.75) is 6.92 Å². The molecule has 10 nitrogen and oxygen atoms in total. The van der Waals surface area contributed by atoms with E-state index in [1.54, 1.807) is 35.7 Å². The topological polar surface area (TPSA) is 101 Å². The average molecular weight is 477 g/mol. The Kier molecular flexibility index (Phi) is 7.30. The molecule has 2 heterocycles. The molecular weight excluding hydrogens is 448 g/mol. The number of nitrogens with zero attached hydrogens (tertiary/aromatic N) is 5. The summed E-state index contributed by atoms with van der Waals surface area (Å²) in [6.07, 6.45) is 0.916. The Morgan fingerprint density at radius 2 is 1.57 bits per heavy atom. The van der Waals surface area contributed by atoms with Gasteiger partial charge in [0.2, 0.25) is 0 Å². The number of benzene rings is 2. The molecule has 2 amide bonds. The zero-order valence-electron chi connectivity index (χ0n) is 19.8. The van der Waals surface area contributed by atoms with Crippen LogP contribution in [-0.4, -0.2) is 65.1 Å². The van der Waals surface area contributed by atoms with Crippen molar-refractivity contribution in [2.24, 2.45) is 12.2 Å². The molecular formula is C25H28N6O4. The summed E-state index contributed by atoms with van der Waals surface area (Å²) in [5.74, 6) is -0.820. The molecule has 1 aliphatic rings. The van der Waals surface area contributed by atoms with Crippen molar-refractivity contribution in [1.29, 1.82) is 0 Å². The van der Waals surface area contributed by atoms with E-state index in [0.29, 0.717) is 24.5 Å². The van der Waals surface area contributed by atoms with Gasteiger partial charge < -0.3 is 20.0 Å². The molecule has 1 saturated heterocycles. The summed E-state index contributed by atoms with van der Waals surface area (Å²) in [4.78, 5) is 46.5. The van der Waals surface area contributed by atoms with Crippen molar-refractivity contribution in [3.8, 4) is 5.69 Å². The van der Waals surface area contributed by atoms with Gasteiger partial charge in [-0.2, -0.15) is 0 Å². The van der Waals surface area contributed by atoms with Gasteiger partial charge in [-0.05, 0) is 31.2 Å². The molecule has 1 fully saturated rings. The quantitative estimate of drug-likeness (QED) is 0.414. The van der Waals surface area contributed by atoms with Crippen LogP contribution >= 0.6 is 0 Å². The third kappa shape index (κ3) is 5.43. The number of para-hydroxylation sites is 2. The minimum absolute atomic E-state index is 0.153. The van der Waals surface area contributed by atoms with Crippen LogP contribution in [0.2, 0.25) is 0 Å². The fourth-order valence-corrected chi connectivity index (χ4v) is 3.99. The van der Waals surface area contributed by atoms with Gasteiger partial charge in [0.15, 0.2) is 6.61 Å². The van der Waals surface area contributed by atoms with Crippen molar-refractivity contribution in [3.05, 3.63) is 76.7 Å². The molecule has 0 aliphatic carbocycles. The first kappa shape index (κ1) is 23.8. The molecule has 1 aromatic heterocycles. The lowest BCUT2D eigenvalue weighted by atomic mass is 10.2. The Morgan fingerprint density at radius 3 is 2.20 bits per heavy atom. The van der Waals surface area contributed by atoms with Crippen LogP contribution in [0, 0.1) is 6.92 Å².